The lowest BCUT2D eigenvalue weighted by atomic mass is 10.2. The van der Waals surface area contributed by atoms with Gasteiger partial charge in [0.05, 0.1) is 0 Å². The highest BCUT2D eigenvalue weighted by Gasteiger charge is 2.21. The van der Waals surface area contributed by atoms with Crippen molar-refractivity contribution in [2.45, 2.75) is 6.42 Å². The number of halogens is 1. The summed E-state index contributed by atoms with van der Waals surface area (Å²) in [5, 5.41) is 3.44. The summed E-state index contributed by atoms with van der Waals surface area (Å²) >= 11 is 5.86. The fourth-order valence-electron chi connectivity index (χ4n) is 2.92. The fourth-order valence-corrected chi connectivity index (χ4v) is 3.05. The van der Waals surface area contributed by atoms with E-state index in [4.69, 9.17) is 11.6 Å². The van der Waals surface area contributed by atoms with Crippen LogP contribution in [0.2, 0.25) is 5.02 Å². The Morgan fingerprint density at radius 2 is 1.88 bits per heavy atom. The van der Waals surface area contributed by atoms with Crippen LogP contribution in [0.1, 0.15) is 16.1 Å². The van der Waals surface area contributed by atoms with Gasteiger partial charge in [0.15, 0.2) is 0 Å². The zero-order valence-electron chi connectivity index (χ0n) is 13.3. The van der Waals surface area contributed by atoms with Crippen molar-refractivity contribution in [2.24, 2.45) is 0 Å². The average molecular weight is 351 g/mol. The number of carbonyl (C=O) groups excluding carboxylic acids is 1. The molecule has 0 fully saturated rings. The number of aromatic nitrogens is 2. The van der Waals surface area contributed by atoms with Gasteiger partial charge in [-0.2, -0.15) is 0 Å². The summed E-state index contributed by atoms with van der Waals surface area (Å²) in [6.45, 7) is 0.842. The van der Waals surface area contributed by atoms with Crippen LogP contribution in [0.5, 0.6) is 0 Å². The Hall–Kier alpha value is -2.92. The number of nitrogens with one attached hydrogen (secondary N) is 1. The zero-order chi connectivity index (χ0) is 17.2. The molecule has 4 rings (SSSR count). The number of nitrogens with zero attached hydrogens (tertiary/aromatic N) is 3. The normalized spacial score (nSPS) is 12.8. The Kier molecular flexibility index (Phi) is 4.07. The molecule has 5 nitrogen and oxygen atoms in total. The van der Waals surface area contributed by atoms with Crippen LogP contribution in [0.25, 0.3) is 0 Å². The third-order valence-corrected chi connectivity index (χ3v) is 4.40. The highest BCUT2D eigenvalue weighted by Crippen LogP contribution is 2.33. The number of amides is 1. The lowest BCUT2D eigenvalue weighted by Crippen LogP contribution is -2.18. The highest BCUT2D eigenvalue weighted by molar-refractivity contribution is 6.30. The van der Waals surface area contributed by atoms with Gasteiger partial charge in [-0.1, -0.05) is 29.8 Å². The molecule has 124 valence electrons. The molecule has 0 unspecified atom stereocenters. The van der Waals surface area contributed by atoms with E-state index >= 15 is 0 Å². The van der Waals surface area contributed by atoms with Gasteiger partial charge in [0.2, 0.25) is 0 Å². The minimum Gasteiger partial charge on any atom is -0.326 e. The van der Waals surface area contributed by atoms with E-state index in [2.05, 4.69) is 32.3 Å². The van der Waals surface area contributed by atoms with Gasteiger partial charge < -0.3 is 10.2 Å². The zero-order valence-corrected chi connectivity index (χ0v) is 14.1. The van der Waals surface area contributed by atoms with Gasteiger partial charge in [0.1, 0.15) is 17.8 Å². The second-order valence-corrected chi connectivity index (χ2v) is 6.19. The van der Waals surface area contributed by atoms with Crippen molar-refractivity contribution in [3.8, 4) is 0 Å². The van der Waals surface area contributed by atoms with Crippen molar-refractivity contribution in [1.29, 1.82) is 0 Å². The predicted molar refractivity (Wildman–Crippen MR) is 98.6 cm³/mol. The Morgan fingerprint density at radius 3 is 2.72 bits per heavy atom. The van der Waals surface area contributed by atoms with Crippen LogP contribution in [0.3, 0.4) is 0 Å². The molecule has 0 bridgehead atoms. The van der Waals surface area contributed by atoms with Crippen molar-refractivity contribution in [2.75, 3.05) is 16.8 Å². The van der Waals surface area contributed by atoms with Crippen LogP contribution >= 0.6 is 11.6 Å². The number of fused-ring (bicyclic) bond motifs is 1. The van der Waals surface area contributed by atoms with E-state index in [1.807, 2.05) is 12.1 Å². The van der Waals surface area contributed by atoms with Crippen LogP contribution in [-0.4, -0.2) is 22.4 Å². The number of benzene rings is 2. The monoisotopic (exact) mass is 350 g/mol. The number of carbonyl (C=O) groups is 1. The van der Waals surface area contributed by atoms with Gasteiger partial charge in [-0.05, 0) is 42.3 Å². The minimum atomic E-state index is -0.279. The molecule has 1 aromatic heterocycles. The molecule has 1 aliphatic rings. The Balaban J connectivity index is 1.57. The van der Waals surface area contributed by atoms with Crippen LogP contribution in [0.4, 0.5) is 17.2 Å². The molecule has 1 amide bonds. The summed E-state index contributed by atoms with van der Waals surface area (Å²) in [6, 6.07) is 16.9. The number of anilines is 3. The van der Waals surface area contributed by atoms with Crippen molar-refractivity contribution in [1.82, 2.24) is 9.97 Å². The van der Waals surface area contributed by atoms with E-state index in [0.717, 1.165) is 24.5 Å². The van der Waals surface area contributed by atoms with Crippen molar-refractivity contribution in [3.05, 3.63) is 77.2 Å². The average Bonchev–Trinajstić information content (AvgIpc) is 3.08. The number of hydrogen-bond acceptors (Lipinski definition) is 4. The van der Waals surface area contributed by atoms with E-state index in [1.54, 1.807) is 30.3 Å². The van der Waals surface area contributed by atoms with Crippen molar-refractivity contribution >= 4 is 34.7 Å². The SMILES string of the molecule is O=C(Nc1ccc(Cl)cc1)c1cc(N2CCc3ccccc32)ncn1. The fraction of sp³-hybridized carbons (Fsp3) is 0.105. The molecule has 3 aromatic rings. The molecule has 2 heterocycles. The smallest absolute Gasteiger partial charge is 0.274 e. The van der Waals surface area contributed by atoms with Gasteiger partial charge in [-0.3, -0.25) is 4.79 Å². The molecule has 0 saturated heterocycles. The van der Waals surface area contributed by atoms with Crippen molar-refractivity contribution < 1.29 is 4.79 Å². The molecule has 25 heavy (non-hydrogen) atoms. The van der Waals surface area contributed by atoms with Gasteiger partial charge in [-0.25, -0.2) is 9.97 Å². The first-order chi connectivity index (χ1) is 12.2. The highest BCUT2D eigenvalue weighted by atomic mass is 35.5. The Labute approximate surface area is 150 Å². The predicted octanol–water partition coefficient (Wildman–Crippen LogP) is 4.08. The van der Waals surface area contributed by atoms with E-state index in [9.17, 15) is 4.79 Å². The summed E-state index contributed by atoms with van der Waals surface area (Å²) in [5.74, 6) is 0.444. The van der Waals surface area contributed by atoms with Crippen molar-refractivity contribution in [3.63, 3.8) is 0 Å². The summed E-state index contributed by atoms with van der Waals surface area (Å²) in [4.78, 5) is 23.0. The first-order valence-corrected chi connectivity index (χ1v) is 8.33. The number of para-hydroxylation sites is 1. The minimum absolute atomic E-state index is 0.279. The maximum atomic E-state index is 12.5. The molecule has 0 atom stereocenters. The molecule has 0 saturated carbocycles. The lowest BCUT2D eigenvalue weighted by molar-refractivity contribution is 0.102. The van der Waals surface area contributed by atoms with Gasteiger partial charge >= 0.3 is 0 Å². The lowest BCUT2D eigenvalue weighted by Gasteiger charge is -2.18. The second-order valence-electron chi connectivity index (χ2n) is 5.75. The van der Waals surface area contributed by atoms with Gasteiger partial charge in [-0.15, -0.1) is 0 Å². The molecule has 1 N–H and O–H groups in total. The first-order valence-electron chi connectivity index (χ1n) is 7.95. The third-order valence-electron chi connectivity index (χ3n) is 4.15. The maximum Gasteiger partial charge on any atom is 0.274 e. The Morgan fingerprint density at radius 1 is 1.08 bits per heavy atom. The van der Waals surface area contributed by atoms with Crippen LogP contribution in [0.15, 0.2) is 60.9 Å². The summed E-state index contributed by atoms with van der Waals surface area (Å²) in [6.07, 6.45) is 2.39. The molecule has 6 heteroatoms. The molecular formula is C19H15ClN4O. The topological polar surface area (TPSA) is 58.1 Å². The van der Waals surface area contributed by atoms with E-state index in [0.29, 0.717) is 16.4 Å². The molecular weight excluding hydrogens is 336 g/mol. The number of hydrogen-bond donors (Lipinski definition) is 1. The van der Waals surface area contributed by atoms with Gasteiger partial charge in [0, 0.05) is 29.0 Å². The largest absolute Gasteiger partial charge is 0.326 e. The summed E-state index contributed by atoms with van der Waals surface area (Å²) in [7, 11) is 0. The van der Waals surface area contributed by atoms with E-state index in [1.165, 1.54) is 11.9 Å². The van der Waals surface area contributed by atoms with Crippen LogP contribution < -0.4 is 10.2 Å². The van der Waals surface area contributed by atoms with Crippen LogP contribution in [0, 0.1) is 0 Å². The van der Waals surface area contributed by atoms with E-state index in [-0.39, 0.29) is 5.91 Å². The quantitative estimate of drug-likeness (QED) is 0.773. The molecule has 0 radical (unpaired) electrons. The summed E-state index contributed by atoms with van der Waals surface area (Å²) in [5.41, 5.74) is 3.41. The molecule has 0 aliphatic carbocycles. The summed E-state index contributed by atoms with van der Waals surface area (Å²) < 4.78 is 0. The number of rotatable bonds is 3. The van der Waals surface area contributed by atoms with Crippen LogP contribution in [-0.2, 0) is 6.42 Å². The second kappa shape index (κ2) is 6.53. The molecule has 0 spiro atoms. The third kappa shape index (κ3) is 3.19. The molecule has 1 aliphatic heterocycles. The van der Waals surface area contributed by atoms with E-state index < -0.39 is 0 Å². The maximum absolute atomic E-state index is 12.5. The Bertz CT molecular complexity index is 927. The first kappa shape index (κ1) is 15.6. The standard InChI is InChI=1S/C19H15ClN4O/c20-14-5-7-15(8-6-14)23-19(25)16-11-18(22-12-21-16)24-10-9-13-3-1-2-4-17(13)24/h1-8,11-12H,9-10H2,(H,23,25). The van der Waals surface area contributed by atoms with Gasteiger partial charge in [0.25, 0.3) is 5.91 Å². The molecule has 2 aromatic carbocycles.